The van der Waals surface area contributed by atoms with Crippen LogP contribution in [-0.2, 0) is 20.9 Å². The van der Waals surface area contributed by atoms with Crippen LogP contribution in [0.25, 0.3) is 0 Å². The second-order valence-electron chi connectivity index (χ2n) is 6.15. The number of hydrogen-bond donors (Lipinski definition) is 0. The van der Waals surface area contributed by atoms with Gasteiger partial charge in [0, 0.05) is 7.05 Å². The molecule has 3 aliphatic heterocycles. The predicted molar refractivity (Wildman–Crippen MR) is 78.2 cm³/mol. The lowest BCUT2D eigenvalue weighted by molar-refractivity contribution is -0.148. The molecule has 5 nitrogen and oxygen atoms in total. The number of carbonyl (C=O) groups is 3. The van der Waals surface area contributed by atoms with E-state index in [2.05, 4.69) is 0 Å². The number of rotatable bonds is 2. The topological polar surface area (TPSA) is 57.7 Å². The Morgan fingerprint density at radius 3 is 2.32 bits per heavy atom. The van der Waals surface area contributed by atoms with Crippen LogP contribution in [0.5, 0.6) is 0 Å². The maximum atomic E-state index is 12.7. The molecular formula is C17H16N2O3. The van der Waals surface area contributed by atoms with E-state index in [1.54, 1.807) is 18.0 Å². The van der Waals surface area contributed by atoms with Crippen molar-refractivity contribution in [2.45, 2.75) is 12.6 Å². The van der Waals surface area contributed by atoms with Crippen molar-refractivity contribution < 1.29 is 14.4 Å². The highest BCUT2D eigenvalue weighted by atomic mass is 16.2. The fourth-order valence-electron chi connectivity index (χ4n) is 3.89. The molecule has 5 heteroatoms. The summed E-state index contributed by atoms with van der Waals surface area (Å²) in [6, 6.07) is 9.17. The van der Waals surface area contributed by atoms with E-state index < -0.39 is 17.8 Å². The Hall–Kier alpha value is -2.43. The van der Waals surface area contributed by atoms with Crippen molar-refractivity contribution in [3.63, 3.8) is 0 Å². The Morgan fingerprint density at radius 1 is 0.909 bits per heavy atom. The van der Waals surface area contributed by atoms with E-state index in [9.17, 15) is 14.4 Å². The van der Waals surface area contributed by atoms with Gasteiger partial charge in [-0.25, -0.2) is 0 Å². The third-order valence-corrected chi connectivity index (χ3v) is 5.02. The van der Waals surface area contributed by atoms with Crippen molar-refractivity contribution in [2.75, 3.05) is 7.05 Å². The van der Waals surface area contributed by atoms with E-state index in [0.29, 0.717) is 0 Å². The summed E-state index contributed by atoms with van der Waals surface area (Å²) in [5, 5.41) is 0. The van der Waals surface area contributed by atoms with E-state index >= 15 is 0 Å². The number of likely N-dealkylation sites (tertiary alicyclic amines) is 1. The van der Waals surface area contributed by atoms with Crippen LogP contribution in [0.1, 0.15) is 5.56 Å². The first-order valence-corrected chi connectivity index (χ1v) is 7.44. The van der Waals surface area contributed by atoms with Crippen LogP contribution in [0, 0.1) is 17.8 Å². The summed E-state index contributed by atoms with van der Waals surface area (Å²) < 4.78 is 0. The minimum absolute atomic E-state index is 0.0588. The van der Waals surface area contributed by atoms with Gasteiger partial charge in [-0.05, 0) is 5.56 Å². The molecule has 1 aromatic rings. The molecule has 22 heavy (non-hydrogen) atoms. The Morgan fingerprint density at radius 2 is 1.59 bits per heavy atom. The van der Waals surface area contributed by atoms with Crippen molar-refractivity contribution in [3.05, 3.63) is 48.0 Å². The monoisotopic (exact) mass is 296 g/mol. The zero-order chi connectivity index (χ0) is 15.4. The van der Waals surface area contributed by atoms with Crippen LogP contribution in [0.4, 0.5) is 0 Å². The Bertz CT molecular complexity index is 697. The van der Waals surface area contributed by atoms with Crippen LogP contribution in [0.3, 0.4) is 0 Å². The molecule has 0 saturated carbocycles. The summed E-state index contributed by atoms with van der Waals surface area (Å²) in [6.45, 7) is 0.281. The van der Waals surface area contributed by atoms with Crippen molar-refractivity contribution in [1.82, 2.24) is 9.80 Å². The summed E-state index contributed by atoms with van der Waals surface area (Å²) in [5.74, 6) is -1.85. The highest BCUT2D eigenvalue weighted by molar-refractivity contribution is 6.09. The number of nitrogens with zero attached hydrogens (tertiary/aromatic N) is 2. The molecule has 0 unspecified atom stereocenters. The Balaban J connectivity index is 1.68. The van der Waals surface area contributed by atoms with Gasteiger partial charge >= 0.3 is 0 Å². The van der Waals surface area contributed by atoms with Crippen LogP contribution in [0.15, 0.2) is 42.5 Å². The normalized spacial score (nSPS) is 32.9. The molecule has 2 fully saturated rings. The lowest BCUT2D eigenvalue weighted by Crippen LogP contribution is -2.57. The molecule has 112 valence electrons. The molecule has 1 aliphatic carbocycles. The smallest absolute Gasteiger partial charge is 0.235 e. The van der Waals surface area contributed by atoms with Gasteiger partial charge in [-0.2, -0.15) is 0 Å². The van der Waals surface area contributed by atoms with Gasteiger partial charge in [-0.1, -0.05) is 42.5 Å². The number of hydrogen-bond acceptors (Lipinski definition) is 3. The second-order valence-corrected chi connectivity index (χ2v) is 6.15. The third kappa shape index (κ3) is 1.62. The first-order chi connectivity index (χ1) is 10.6. The molecule has 1 aromatic carbocycles. The quantitative estimate of drug-likeness (QED) is 0.599. The molecule has 3 amide bonds. The average molecular weight is 296 g/mol. The molecule has 0 spiro atoms. The maximum Gasteiger partial charge on any atom is 0.235 e. The standard InChI is InChI=1S/C17H16N2O3/c1-18-12-8-7-11(15(18)20)13-14(12)17(22)19(16(13)21)9-10-5-3-2-4-6-10/h2-8,11-14H,9H2,1H3/t11-,12+,13+,14+/m0/s1. The first kappa shape index (κ1) is 13.2. The van der Waals surface area contributed by atoms with E-state index in [1.165, 1.54) is 4.90 Å². The highest BCUT2D eigenvalue weighted by Gasteiger charge is 2.60. The van der Waals surface area contributed by atoms with E-state index in [-0.39, 0.29) is 30.3 Å². The average Bonchev–Trinajstić information content (AvgIpc) is 2.79. The van der Waals surface area contributed by atoms with E-state index in [0.717, 1.165) is 5.56 Å². The van der Waals surface area contributed by atoms with E-state index in [1.807, 2.05) is 36.4 Å². The van der Waals surface area contributed by atoms with Crippen LogP contribution in [-0.4, -0.2) is 40.6 Å². The summed E-state index contributed by atoms with van der Waals surface area (Å²) in [6.07, 6.45) is 3.69. The molecule has 5 rings (SSSR count). The number of amides is 3. The number of benzene rings is 1. The van der Waals surface area contributed by atoms with Crippen LogP contribution >= 0.6 is 0 Å². The molecule has 2 bridgehead atoms. The first-order valence-electron chi connectivity index (χ1n) is 7.44. The summed E-state index contributed by atoms with van der Waals surface area (Å²) in [7, 11) is 1.71. The number of likely N-dealkylation sites (N-methyl/N-ethyl adjacent to an activating group) is 1. The largest absolute Gasteiger partial charge is 0.338 e. The van der Waals surface area contributed by atoms with Gasteiger partial charge in [-0.3, -0.25) is 19.3 Å². The van der Waals surface area contributed by atoms with Crippen molar-refractivity contribution in [2.24, 2.45) is 17.8 Å². The molecule has 3 heterocycles. The zero-order valence-corrected chi connectivity index (χ0v) is 12.2. The lowest BCUT2D eigenvalue weighted by atomic mass is 9.70. The van der Waals surface area contributed by atoms with Gasteiger partial charge in [0.15, 0.2) is 0 Å². The van der Waals surface area contributed by atoms with Crippen molar-refractivity contribution in [1.29, 1.82) is 0 Å². The Labute approximate surface area is 128 Å². The number of fused-ring (bicyclic) bond motifs is 1. The summed E-state index contributed by atoms with van der Waals surface area (Å²) in [4.78, 5) is 40.6. The van der Waals surface area contributed by atoms with Gasteiger partial charge in [0.2, 0.25) is 17.7 Å². The molecule has 4 atom stereocenters. The van der Waals surface area contributed by atoms with E-state index in [4.69, 9.17) is 0 Å². The second kappa shape index (κ2) is 4.53. The molecule has 0 N–H and O–H groups in total. The number of piperidine rings is 1. The fourth-order valence-corrected chi connectivity index (χ4v) is 3.89. The van der Waals surface area contributed by atoms with Crippen molar-refractivity contribution in [3.8, 4) is 0 Å². The minimum atomic E-state index is -0.519. The molecule has 0 aromatic heterocycles. The number of carbonyl (C=O) groups excluding carboxylic acids is 3. The summed E-state index contributed by atoms with van der Waals surface area (Å²) in [5.41, 5.74) is 0.919. The highest BCUT2D eigenvalue weighted by Crippen LogP contribution is 2.45. The Kier molecular flexibility index (Phi) is 2.73. The molecule has 2 saturated heterocycles. The molecule has 4 aliphatic rings. The van der Waals surface area contributed by atoms with Crippen LogP contribution < -0.4 is 0 Å². The zero-order valence-electron chi connectivity index (χ0n) is 12.2. The summed E-state index contributed by atoms with van der Waals surface area (Å²) >= 11 is 0. The maximum absolute atomic E-state index is 12.7. The fraction of sp³-hybridized carbons (Fsp3) is 0.353. The van der Waals surface area contributed by atoms with Crippen molar-refractivity contribution >= 4 is 17.7 Å². The number of imide groups is 1. The van der Waals surface area contributed by atoms with Gasteiger partial charge in [-0.15, -0.1) is 0 Å². The molecule has 0 radical (unpaired) electrons. The van der Waals surface area contributed by atoms with Gasteiger partial charge in [0.05, 0.1) is 30.3 Å². The SMILES string of the molecule is CN1C(=O)[C@H]2C=C[C@@H]1[C@H]1C(=O)N(Cc3ccccc3)C(=O)[C@@H]12. The third-order valence-electron chi connectivity index (χ3n) is 5.02. The lowest BCUT2D eigenvalue weighted by Gasteiger charge is -2.44. The molecular weight excluding hydrogens is 280 g/mol. The predicted octanol–water partition coefficient (Wildman–Crippen LogP) is 0.814. The van der Waals surface area contributed by atoms with Gasteiger partial charge in [0.1, 0.15) is 0 Å². The van der Waals surface area contributed by atoms with Gasteiger partial charge < -0.3 is 4.90 Å². The van der Waals surface area contributed by atoms with Gasteiger partial charge in [0.25, 0.3) is 0 Å². The van der Waals surface area contributed by atoms with Crippen LogP contribution in [0.2, 0.25) is 0 Å². The minimum Gasteiger partial charge on any atom is -0.338 e.